The Balaban J connectivity index is 1.07. The Kier molecular flexibility index (Phi) is 11.9. The van der Waals surface area contributed by atoms with Crippen molar-refractivity contribution in [2.45, 2.75) is 70.1 Å². The smallest absolute Gasteiger partial charge is 0.471 e. The van der Waals surface area contributed by atoms with Crippen molar-refractivity contribution < 1.29 is 22.7 Å². The van der Waals surface area contributed by atoms with E-state index in [2.05, 4.69) is 15.2 Å². The molecule has 0 atom stereocenters. The number of ether oxygens (including phenoxy) is 1. The predicted molar refractivity (Wildman–Crippen MR) is 175 cm³/mol. The normalized spacial score (nSPS) is 16.9. The summed E-state index contributed by atoms with van der Waals surface area (Å²) in [6, 6.07) is 12.7. The molecule has 12 heteroatoms. The molecular weight excluding hydrogens is 644 g/mol. The van der Waals surface area contributed by atoms with E-state index in [0.717, 1.165) is 39.9 Å². The minimum atomic E-state index is -4.90. The number of hydrogen-bond acceptors (Lipinski definition) is 6. The molecule has 0 aliphatic carbocycles. The van der Waals surface area contributed by atoms with Crippen molar-refractivity contribution in [2.24, 2.45) is 0 Å². The van der Waals surface area contributed by atoms with Gasteiger partial charge in [-0.2, -0.15) is 13.2 Å². The fraction of sp³-hybridized carbons (Fsp3) is 0.515. The van der Waals surface area contributed by atoms with Gasteiger partial charge in [0.2, 0.25) is 0 Å². The van der Waals surface area contributed by atoms with E-state index in [1.807, 2.05) is 30.3 Å². The Hall–Kier alpha value is -2.53. The topological polar surface area (TPSA) is 48.9 Å². The lowest BCUT2D eigenvalue weighted by atomic mass is 10.0. The highest BCUT2D eigenvalue weighted by atomic mass is 35.5. The molecule has 2 aromatic carbocycles. The first-order valence-corrected chi connectivity index (χ1v) is 17.3. The monoisotopic (exact) mass is 682 g/mol. The number of thiazole rings is 1. The second-order valence-electron chi connectivity index (χ2n) is 11.7. The van der Waals surface area contributed by atoms with E-state index in [4.69, 9.17) is 32.9 Å². The van der Waals surface area contributed by atoms with Crippen molar-refractivity contribution in [1.82, 2.24) is 14.8 Å². The van der Waals surface area contributed by atoms with Crippen molar-refractivity contribution in [3.05, 3.63) is 63.5 Å². The molecule has 0 unspecified atom stereocenters. The van der Waals surface area contributed by atoms with Gasteiger partial charge in [-0.25, -0.2) is 4.98 Å². The van der Waals surface area contributed by atoms with Crippen molar-refractivity contribution >= 4 is 45.6 Å². The van der Waals surface area contributed by atoms with Crippen LogP contribution >= 0.6 is 34.5 Å². The highest BCUT2D eigenvalue weighted by molar-refractivity contribution is 7.14. The Bertz CT molecular complexity index is 1390. The molecule has 2 aliphatic heterocycles. The van der Waals surface area contributed by atoms with Crippen LogP contribution in [0.3, 0.4) is 0 Å². The van der Waals surface area contributed by atoms with Crippen LogP contribution in [0.5, 0.6) is 5.75 Å². The van der Waals surface area contributed by atoms with E-state index in [0.29, 0.717) is 67.7 Å². The number of likely N-dealkylation sites (tertiary alicyclic amines) is 1. The predicted octanol–water partition coefficient (Wildman–Crippen LogP) is 8.71. The average molecular weight is 684 g/mol. The van der Waals surface area contributed by atoms with Crippen LogP contribution in [0, 0.1) is 0 Å². The molecule has 0 saturated carbocycles. The number of benzene rings is 2. The summed E-state index contributed by atoms with van der Waals surface area (Å²) in [7, 11) is 0. The Morgan fingerprint density at radius 1 is 0.956 bits per heavy atom. The maximum absolute atomic E-state index is 13.5. The van der Waals surface area contributed by atoms with Gasteiger partial charge < -0.3 is 14.5 Å². The van der Waals surface area contributed by atoms with Gasteiger partial charge >= 0.3 is 12.1 Å². The lowest BCUT2D eigenvalue weighted by Gasteiger charge is -2.39. The number of nitrogens with zero attached hydrogens (tertiary/aromatic N) is 4. The van der Waals surface area contributed by atoms with Gasteiger partial charge in [0, 0.05) is 56.3 Å². The largest absolute Gasteiger partial charge is 0.494 e. The molecule has 2 aliphatic rings. The van der Waals surface area contributed by atoms with Crippen molar-refractivity contribution in [2.75, 3.05) is 44.2 Å². The second kappa shape index (κ2) is 15.8. The van der Waals surface area contributed by atoms with Crippen LogP contribution in [0.1, 0.15) is 56.9 Å². The first-order valence-electron chi connectivity index (χ1n) is 15.6. The van der Waals surface area contributed by atoms with Gasteiger partial charge in [0.15, 0.2) is 5.13 Å². The van der Waals surface area contributed by atoms with E-state index < -0.39 is 18.1 Å². The fourth-order valence-corrected chi connectivity index (χ4v) is 7.21. The zero-order valence-electron chi connectivity index (χ0n) is 25.2. The number of rotatable bonds is 11. The summed E-state index contributed by atoms with van der Waals surface area (Å²) >= 11 is 13.8. The molecule has 2 fully saturated rings. The maximum Gasteiger partial charge on any atom is 0.471 e. The molecule has 0 radical (unpaired) electrons. The number of piperidine rings is 1. The molecule has 3 heterocycles. The number of unbranched alkanes of at least 4 members (excludes halogenated alkanes) is 1. The van der Waals surface area contributed by atoms with Crippen LogP contribution in [-0.2, 0) is 11.3 Å². The van der Waals surface area contributed by atoms with Crippen LogP contribution in [0.25, 0.3) is 11.3 Å². The molecule has 6 nitrogen and oxygen atoms in total. The number of halogens is 5. The quantitative estimate of drug-likeness (QED) is 0.189. The van der Waals surface area contributed by atoms with Crippen LogP contribution in [0.2, 0.25) is 10.0 Å². The lowest BCUT2D eigenvalue weighted by Crippen LogP contribution is -2.51. The first kappa shape index (κ1) is 33.8. The molecule has 0 bridgehead atoms. The van der Waals surface area contributed by atoms with Gasteiger partial charge in [-0.1, -0.05) is 42.1 Å². The highest BCUT2D eigenvalue weighted by Gasteiger charge is 2.44. The number of amides is 1. The summed E-state index contributed by atoms with van der Waals surface area (Å²) in [6.45, 7) is 4.31. The van der Waals surface area contributed by atoms with Crippen LogP contribution in [0.4, 0.5) is 18.3 Å². The molecule has 1 aromatic heterocycles. The number of anilines is 1. The molecule has 244 valence electrons. The summed E-state index contributed by atoms with van der Waals surface area (Å²) in [5, 5.41) is 4.11. The van der Waals surface area contributed by atoms with Gasteiger partial charge in [0.1, 0.15) is 5.75 Å². The first-order chi connectivity index (χ1) is 21.7. The van der Waals surface area contributed by atoms with Gasteiger partial charge in [0.05, 0.1) is 22.3 Å². The number of carbonyl (C=O) groups is 1. The minimum absolute atomic E-state index is 0.0429. The zero-order chi connectivity index (χ0) is 31.8. The lowest BCUT2D eigenvalue weighted by molar-refractivity contribution is -0.188. The number of aromatic nitrogens is 1. The summed E-state index contributed by atoms with van der Waals surface area (Å²) in [4.78, 5) is 22.8. The third-order valence-corrected chi connectivity index (χ3v) is 10.1. The average Bonchev–Trinajstić information content (AvgIpc) is 3.36. The SMILES string of the molecule is O=C(N(CCCCOc1ccc(-c2csc(N3CCCCCC3)n2)cc1)C1CCN(Cc2ccc(Cl)c(Cl)c2)CC1)C(F)(F)F. The van der Waals surface area contributed by atoms with Crippen LogP contribution in [0.15, 0.2) is 47.8 Å². The molecule has 1 amide bonds. The summed E-state index contributed by atoms with van der Waals surface area (Å²) in [5.74, 6) is -1.07. The zero-order valence-corrected chi connectivity index (χ0v) is 27.5. The Morgan fingerprint density at radius 2 is 1.67 bits per heavy atom. The van der Waals surface area contributed by atoms with E-state index in [-0.39, 0.29) is 6.54 Å². The molecule has 0 spiro atoms. The van der Waals surface area contributed by atoms with E-state index in [1.54, 1.807) is 23.5 Å². The summed E-state index contributed by atoms with van der Waals surface area (Å²) in [6.07, 6.45) is 1.98. The van der Waals surface area contributed by atoms with Crippen molar-refractivity contribution in [1.29, 1.82) is 0 Å². The van der Waals surface area contributed by atoms with Gasteiger partial charge in [-0.05, 0) is 80.5 Å². The van der Waals surface area contributed by atoms with Gasteiger partial charge in [-0.15, -0.1) is 11.3 Å². The molecule has 5 rings (SSSR count). The third-order valence-electron chi connectivity index (χ3n) is 8.47. The van der Waals surface area contributed by atoms with Crippen LogP contribution in [-0.4, -0.2) is 72.2 Å². The number of carbonyl (C=O) groups excluding carboxylic acids is 1. The van der Waals surface area contributed by atoms with Gasteiger partial charge in [-0.3, -0.25) is 9.69 Å². The summed E-state index contributed by atoms with van der Waals surface area (Å²) in [5.41, 5.74) is 2.95. The van der Waals surface area contributed by atoms with Crippen LogP contribution < -0.4 is 9.64 Å². The van der Waals surface area contributed by atoms with Crippen molar-refractivity contribution in [3.63, 3.8) is 0 Å². The fourth-order valence-electron chi connectivity index (χ4n) is 6.00. The molecule has 45 heavy (non-hydrogen) atoms. The molecular formula is C33H39Cl2F3N4O2S. The number of alkyl halides is 3. The van der Waals surface area contributed by atoms with Crippen molar-refractivity contribution in [3.8, 4) is 17.0 Å². The Morgan fingerprint density at radius 3 is 2.33 bits per heavy atom. The second-order valence-corrected chi connectivity index (χ2v) is 13.4. The van der Waals surface area contributed by atoms with E-state index in [1.165, 1.54) is 25.7 Å². The molecule has 3 aromatic rings. The molecule has 2 saturated heterocycles. The maximum atomic E-state index is 13.5. The van der Waals surface area contributed by atoms with Gasteiger partial charge in [0.25, 0.3) is 0 Å². The third kappa shape index (κ3) is 9.50. The number of hydrogen-bond donors (Lipinski definition) is 0. The minimum Gasteiger partial charge on any atom is -0.494 e. The standard InChI is InChI=1S/C33H39Cl2F3N4O2S/c34-28-12-7-24(21-29(28)35)22-40-18-13-26(14-19-40)42(31(43)33(36,37)38)17-5-6-20-44-27-10-8-25(9-11-27)30-23-45-32(39-30)41-15-3-1-2-4-16-41/h7-12,21,23,26H,1-6,13-20,22H2. The van der Waals surface area contributed by atoms with E-state index >= 15 is 0 Å². The van der Waals surface area contributed by atoms with E-state index in [9.17, 15) is 18.0 Å². The molecule has 0 N–H and O–H groups in total. The highest BCUT2D eigenvalue weighted by Crippen LogP contribution is 2.31. The summed E-state index contributed by atoms with van der Waals surface area (Å²) < 4.78 is 46.4. The Labute approximate surface area is 277 Å².